The Hall–Kier alpha value is -1.85. The van der Waals surface area contributed by atoms with E-state index in [0.29, 0.717) is 11.2 Å². The van der Waals surface area contributed by atoms with Gasteiger partial charge in [-0.25, -0.2) is 20.4 Å². The third kappa shape index (κ3) is 3.94. The number of nitrogen functional groups attached to an aromatic ring is 1. The molecule has 2 aromatic rings. The molecule has 0 amide bonds. The second-order valence-corrected chi connectivity index (χ2v) is 6.40. The lowest BCUT2D eigenvalue weighted by molar-refractivity contribution is -0.0860. The lowest BCUT2D eigenvalue weighted by Gasteiger charge is -2.16. The van der Waals surface area contributed by atoms with Gasteiger partial charge in [-0.2, -0.15) is 0 Å². The van der Waals surface area contributed by atoms with E-state index in [0.717, 1.165) is 19.4 Å². The fraction of sp³-hybridized carbons (Fsp3) is 0.688. The molecular weight excluding hydrogens is 340 g/mol. The largest absolute Gasteiger partial charge is 0.387 e. The summed E-state index contributed by atoms with van der Waals surface area (Å²) >= 11 is 0. The van der Waals surface area contributed by atoms with Crippen LogP contribution in [0.1, 0.15) is 38.8 Å². The molecule has 4 atom stereocenters. The lowest BCUT2D eigenvalue weighted by Crippen LogP contribution is -2.35. The number of anilines is 1. The Morgan fingerprint density at radius 3 is 2.88 bits per heavy atom. The van der Waals surface area contributed by atoms with Crippen LogP contribution in [0.5, 0.6) is 0 Å². The second kappa shape index (κ2) is 8.69. The lowest BCUT2D eigenvalue weighted by atomic mass is 10.1. The molecule has 5 N–H and O–H groups in total. The molecule has 0 unspecified atom stereocenters. The highest BCUT2D eigenvalue weighted by Crippen LogP contribution is 2.31. The summed E-state index contributed by atoms with van der Waals surface area (Å²) in [5.41, 5.74) is 9.50. The SMILES string of the molecule is CCCCCCNOC[C@H]1O[C@@H](n2cnc3c(N)ncnc32)[C@H](O)[C@@H]1O. The Bertz CT molecular complexity index is 711. The van der Waals surface area contributed by atoms with Crippen LogP contribution in [0.2, 0.25) is 0 Å². The number of imidazole rings is 1. The number of hydrogen-bond acceptors (Lipinski definition) is 9. The Labute approximate surface area is 151 Å². The molecule has 0 spiro atoms. The predicted octanol–water partition coefficient (Wildman–Crippen LogP) is 0.129. The van der Waals surface area contributed by atoms with Gasteiger partial charge in [0.05, 0.1) is 12.9 Å². The zero-order valence-electron chi connectivity index (χ0n) is 14.8. The van der Waals surface area contributed by atoms with E-state index in [4.69, 9.17) is 15.3 Å². The summed E-state index contributed by atoms with van der Waals surface area (Å²) in [6.45, 7) is 3.01. The van der Waals surface area contributed by atoms with Crippen LogP contribution in [0.3, 0.4) is 0 Å². The Kier molecular flexibility index (Phi) is 6.33. The molecule has 1 aliphatic heterocycles. The van der Waals surface area contributed by atoms with E-state index in [1.165, 1.54) is 25.5 Å². The first kappa shape index (κ1) is 18.9. The van der Waals surface area contributed by atoms with E-state index in [1.807, 2.05) is 0 Å². The quantitative estimate of drug-likeness (QED) is 0.360. The molecule has 0 aliphatic carbocycles. The van der Waals surface area contributed by atoms with Crippen molar-refractivity contribution >= 4 is 17.0 Å². The third-order valence-corrected chi connectivity index (χ3v) is 4.48. The smallest absolute Gasteiger partial charge is 0.167 e. The Balaban J connectivity index is 1.56. The average molecular weight is 366 g/mol. The standard InChI is InChI=1S/C16H26N6O4/c1-2-3-4-5-6-21-25-7-10-12(23)13(24)16(26-10)22-9-20-11-14(17)18-8-19-15(11)22/h8-10,12-13,16,21,23-24H,2-7H2,1H3,(H2,17,18,19)/t10-,12-,13-,16-/m1/s1. The van der Waals surface area contributed by atoms with Crippen molar-refractivity contribution in [3.05, 3.63) is 12.7 Å². The van der Waals surface area contributed by atoms with E-state index >= 15 is 0 Å². The van der Waals surface area contributed by atoms with Crippen LogP contribution in [-0.2, 0) is 9.57 Å². The van der Waals surface area contributed by atoms with Crippen molar-refractivity contribution in [2.45, 2.75) is 57.1 Å². The van der Waals surface area contributed by atoms with Gasteiger partial charge >= 0.3 is 0 Å². The van der Waals surface area contributed by atoms with Crippen LogP contribution in [0.4, 0.5) is 5.82 Å². The molecule has 3 rings (SSSR count). The molecule has 1 fully saturated rings. The van der Waals surface area contributed by atoms with Crippen molar-refractivity contribution in [3.63, 3.8) is 0 Å². The fourth-order valence-corrected chi connectivity index (χ4v) is 2.99. The minimum Gasteiger partial charge on any atom is -0.387 e. The van der Waals surface area contributed by atoms with E-state index in [9.17, 15) is 10.2 Å². The molecule has 0 radical (unpaired) electrons. The molecule has 2 aromatic heterocycles. The number of nitrogens with one attached hydrogen (secondary N) is 1. The van der Waals surface area contributed by atoms with Gasteiger partial charge < -0.3 is 20.7 Å². The summed E-state index contributed by atoms with van der Waals surface area (Å²) in [6, 6.07) is 0. The van der Waals surface area contributed by atoms with Crippen LogP contribution in [0.15, 0.2) is 12.7 Å². The van der Waals surface area contributed by atoms with E-state index in [2.05, 4.69) is 27.4 Å². The van der Waals surface area contributed by atoms with Crippen molar-refractivity contribution in [1.29, 1.82) is 0 Å². The number of hydrogen-bond donors (Lipinski definition) is 4. The first-order valence-electron chi connectivity index (χ1n) is 8.92. The maximum atomic E-state index is 10.4. The number of fused-ring (bicyclic) bond motifs is 1. The molecule has 3 heterocycles. The minimum absolute atomic E-state index is 0.117. The van der Waals surface area contributed by atoms with Crippen molar-refractivity contribution in [2.75, 3.05) is 18.9 Å². The molecule has 0 bridgehead atoms. The molecular formula is C16H26N6O4. The monoisotopic (exact) mass is 366 g/mol. The summed E-state index contributed by atoms with van der Waals surface area (Å²) in [5, 5.41) is 20.6. The number of hydroxylamine groups is 1. The number of aliphatic hydroxyl groups excluding tert-OH is 2. The molecule has 1 aliphatic rings. The van der Waals surface area contributed by atoms with Crippen LogP contribution < -0.4 is 11.2 Å². The number of unbranched alkanes of at least 4 members (excludes halogenated alkanes) is 3. The highest BCUT2D eigenvalue weighted by Gasteiger charge is 2.44. The fourth-order valence-electron chi connectivity index (χ4n) is 2.99. The first-order valence-corrected chi connectivity index (χ1v) is 8.92. The maximum absolute atomic E-state index is 10.4. The van der Waals surface area contributed by atoms with Gasteiger partial charge in [0.25, 0.3) is 0 Å². The first-order chi connectivity index (χ1) is 12.6. The number of rotatable bonds is 9. The van der Waals surface area contributed by atoms with Gasteiger partial charge in [0.2, 0.25) is 0 Å². The van der Waals surface area contributed by atoms with Crippen molar-refractivity contribution < 1.29 is 19.8 Å². The van der Waals surface area contributed by atoms with Gasteiger partial charge in [-0.1, -0.05) is 26.2 Å². The summed E-state index contributed by atoms with van der Waals surface area (Å²) in [5.74, 6) is 0.244. The molecule has 10 nitrogen and oxygen atoms in total. The van der Waals surface area contributed by atoms with Crippen LogP contribution in [0.25, 0.3) is 11.2 Å². The van der Waals surface area contributed by atoms with Gasteiger partial charge in [-0.05, 0) is 6.42 Å². The summed E-state index contributed by atoms with van der Waals surface area (Å²) < 4.78 is 7.32. The predicted molar refractivity (Wildman–Crippen MR) is 93.8 cm³/mol. The zero-order valence-corrected chi connectivity index (χ0v) is 14.8. The molecule has 26 heavy (non-hydrogen) atoms. The van der Waals surface area contributed by atoms with Gasteiger partial charge in [0.1, 0.15) is 30.2 Å². The van der Waals surface area contributed by atoms with E-state index in [1.54, 1.807) is 4.57 Å². The van der Waals surface area contributed by atoms with Gasteiger partial charge in [0.15, 0.2) is 17.7 Å². The molecule has 0 saturated carbocycles. The van der Waals surface area contributed by atoms with Crippen molar-refractivity contribution in [1.82, 2.24) is 25.0 Å². The molecule has 10 heteroatoms. The maximum Gasteiger partial charge on any atom is 0.167 e. The number of ether oxygens (including phenoxy) is 1. The highest BCUT2D eigenvalue weighted by atomic mass is 16.7. The summed E-state index contributed by atoms with van der Waals surface area (Å²) in [7, 11) is 0. The average Bonchev–Trinajstić information content (AvgIpc) is 3.18. The van der Waals surface area contributed by atoms with Gasteiger partial charge in [-0.3, -0.25) is 9.40 Å². The van der Waals surface area contributed by atoms with E-state index < -0.39 is 24.5 Å². The van der Waals surface area contributed by atoms with Crippen molar-refractivity contribution in [2.24, 2.45) is 0 Å². The topological polar surface area (TPSA) is 141 Å². The number of aliphatic hydroxyl groups is 2. The van der Waals surface area contributed by atoms with Crippen molar-refractivity contribution in [3.8, 4) is 0 Å². The van der Waals surface area contributed by atoms with Gasteiger partial charge in [0, 0.05) is 6.54 Å². The van der Waals surface area contributed by atoms with Crippen LogP contribution in [0, 0.1) is 0 Å². The van der Waals surface area contributed by atoms with Crippen LogP contribution >= 0.6 is 0 Å². The van der Waals surface area contributed by atoms with Gasteiger partial charge in [-0.15, -0.1) is 0 Å². The summed E-state index contributed by atoms with van der Waals surface area (Å²) in [6.07, 6.45) is 3.61. The molecule has 144 valence electrons. The molecule has 1 saturated heterocycles. The minimum atomic E-state index is -1.14. The third-order valence-electron chi connectivity index (χ3n) is 4.48. The Morgan fingerprint density at radius 2 is 2.08 bits per heavy atom. The second-order valence-electron chi connectivity index (χ2n) is 6.40. The number of aromatic nitrogens is 4. The molecule has 0 aromatic carbocycles. The number of nitrogens with zero attached hydrogens (tertiary/aromatic N) is 4. The Morgan fingerprint density at radius 1 is 1.23 bits per heavy atom. The normalized spacial score (nSPS) is 26.0. The zero-order chi connectivity index (χ0) is 18.5. The van der Waals surface area contributed by atoms with Crippen LogP contribution in [-0.4, -0.2) is 61.2 Å². The van der Waals surface area contributed by atoms with E-state index in [-0.39, 0.29) is 12.4 Å². The highest BCUT2D eigenvalue weighted by molar-refractivity contribution is 5.81. The summed E-state index contributed by atoms with van der Waals surface area (Å²) in [4.78, 5) is 17.5. The number of nitrogens with two attached hydrogens (primary N) is 1.